The van der Waals surface area contributed by atoms with Gasteiger partial charge >= 0.3 is 0 Å². The molecule has 2 N–H and O–H groups in total. The second kappa shape index (κ2) is 7.17. The van der Waals surface area contributed by atoms with Gasteiger partial charge in [-0.15, -0.1) is 0 Å². The van der Waals surface area contributed by atoms with Crippen molar-refractivity contribution in [2.24, 2.45) is 4.99 Å². The molecule has 3 aromatic rings. The maximum absolute atomic E-state index is 12.1. The third-order valence-corrected chi connectivity index (χ3v) is 4.86. The molecule has 4 heteroatoms. The van der Waals surface area contributed by atoms with E-state index in [0.29, 0.717) is 0 Å². The van der Waals surface area contributed by atoms with E-state index in [1.165, 1.54) is 0 Å². The number of hydrogen-bond acceptors (Lipinski definition) is 3. The van der Waals surface area contributed by atoms with Crippen LogP contribution in [0.3, 0.4) is 0 Å². The molecule has 134 valence electrons. The molecule has 0 saturated heterocycles. The van der Waals surface area contributed by atoms with E-state index in [-0.39, 0.29) is 19.1 Å². The molecule has 1 amide bonds. The smallest absolute Gasteiger partial charge is 0.246 e. The molecule has 1 heterocycles. The van der Waals surface area contributed by atoms with Gasteiger partial charge in [0.15, 0.2) is 0 Å². The lowest BCUT2D eigenvalue weighted by Crippen LogP contribution is -2.13. The van der Waals surface area contributed by atoms with Crippen LogP contribution in [0, 0.1) is 6.92 Å². The minimum atomic E-state index is -0.124. The molecule has 1 aliphatic rings. The fraction of sp³-hybridized carbons (Fsp3) is 0.130. The molecule has 0 saturated carbocycles. The van der Waals surface area contributed by atoms with Crippen molar-refractivity contribution >= 4 is 17.3 Å². The molecule has 27 heavy (non-hydrogen) atoms. The van der Waals surface area contributed by atoms with Crippen LogP contribution in [-0.2, 0) is 11.4 Å². The summed E-state index contributed by atoms with van der Waals surface area (Å²) in [5, 5.41) is 12.8. The van der Waals surface area contributed by atoms with E-state index in [9.17, 15) is 9.90 Å². The fourth-order valence-corrected chi connectivity index (χ4v) is 3.47. The van der Waals surface area contributed by atoms with E-state index in [1.807, 2.05) is 73.7 Å². The number of carbonyl (C=O) groups excluding carboxylic acids is 1. The predicted octanol–water partition coefficient (Wildman–Crippen LogP) is 3.94. The number of benzene rings is 3. The van der Waals surface area contributed by atoms with Gasteiger partial charge in [0, 0.05) is 11.1 Å². The number of anilines is 1. The highest BCUT2D eigenvalue weighted by Crippen LogP contribution is 2.31. The Labute approximate surface area is 158 Å². The number of hydrogen-bond donors (Lipinski definition) is 2. The molecule has 0 bridgehead atoms. The highest BCUT2D eigenvalue weighted by molar-refractivity contribution is 6.19. The zero-order valence-electron chi connectivity index (χ0n) is 15.1. The summed E-state index contributed by atoms with van der Waals surface area (Å²) < 4.78 is 0. The third-order valence-electron chi connectivity index (χ3n) is 4.86. The Hall–Kier alpha value is -3.24. The quantitative estimate of drug-likeness (QED) is 0.747. The second-order valence-electron chi connectivity index (χ2n) is 6.60. The first-order chi connectivity index (χ1) is 13.2. The molecule has 0 radical (unpaired) electrons. The van der Waals surface area contributed by atoms with Gasteiger partial charge in [-0.3, -0.25) is 9.79 Å². The number of aliphatic hydroxyl groups is 1. The van der Waals surface area contributed by atoms with Crippen LogP contribution in [0.2, 0.25) is 0 Å². The van der Waals surface area contributed by atoms with Crippen molar-refractivity contribution in [1.29, 1.82) is 0 Å². The Morgan fingerprint density at radius 2 is 1.78 bits per heavy atom. The fourth-order valence-electron chi connectivity index (χ4n) is 3.47. The van der Waals surface area contributed by atoms with Crippen molar-refractivity contribution < 1.29 is 9.90 Å². The Balaban J connectivity index is 1.91. The van der Waals surface area contributed by atoms with E-state index < -0.39 is 0 Å². The largest absolute Gasteiger partial charge is 0.392 e. The number of aliphatic hydroxyl groups excluding tert-OH is 1. The summed E-state index contributed by atoms with van der Waals surface area (Å²) in [5.74, 6) is -0.124. The van der Waals surface area contributed by atoms with Crippen molar-refractivity contribution in [2.45, 2.75) is 13.5 Å². The molecule has 1 aliphatic heterocycles. The van der Waals surface area contributed by atoms with Gasteiger partial charge in [-0.1, -0.05) is 54.6 Å². The molecule has 4 nitrogen and oxygen atoms in total. The second-order valence-corrected chi connectivity index (χ2v) is 6.60. The SMILES string of the molecule is Cc1cccc(-c2ccc3c(c2)C(c2ccccc2)=NCC(=O)N3)c1CO. The summed E-state index contributed by atoms with van der Waals surface area (Å²) in [4.78, 5) is 16.6. The lowest BCUT2D eigenvalue weighted by atomic mass is 9.92. The molecule has 3 aromatic carbocycles. The molecular formula is C23H20N2O2. The van der Waals surface area contributed by atoms with Gasteiger partial charge in [-0.2, -0.15) is 0 Å². The van der Waals surface area contributed by atoms with Gasteiger partial charge in [-0.05, 0) is 41.3 Å². The van der Waals surface area contributed by atoms with Crippen LogP contribution in [0.25, 0.3) is 11.1 Å². The van der Waals surface area contributed by atoms with Gasteiger partial charge in [0.25, 0.3) is 0 Å². The van der Waals surface area contributed by atoms with Crippen LogP contribution in [-0.4, -0.2) is 23.3 Å². The topological polar surface area (TPSA) is 61.7 Å². The monoisotopic (exact) mass is 356 g/mol. The average Bonchev–Trinajstić information content (AvgIpc) is 2.86. The number of benzodiazepines with no additional fused rings is 1. The summed E-state index contributed by atoms with van der Waals surface area (Å²) in [6, 6.07) is 21.8. The van der Waals surface area contributed by atoms with Gasteiger partial charge in [0.1, 0.15) is 6.54 Å². The number of nitrogens with zero attached hydrogens (tertiary/aromatic N) is 1. The number of fused-ring (bicyclic) bond motifs is 1. The number of amides is 1. The number of nitrogens with one attached hydrogen (secondary N) is 1. The van der Waals surface area contributed by atoms with Crippen molar-refractivity contribution in [3.05, 3.63) is 89.0 Å². The van der Waals surface area contributed by atoms with Crippen LogP contribution >= 0.6 is 0 Å². The Morgan fingerprint density at radius 1 is 0.963 bits per heavy atom. The molecule has 0 spiro atoms. The number of carbonyl (C=O) groups is 1. The van der Waals surface area contributed by atoms with E-state index in [0.717, 1.165) is 44.8 Å². The van der Waals surface area contributed by atoms with Gasteiger partial charge in [-0.25, -0.2) is 0 Å². The normalized spacial score (nSPS) is 13.4. The summed E-state index contributed by atoms with van der Waals surface area (Å²) in [6.45, 7) is 2.08. The maximum atomic E-state index is 12.1. The zero-order chi connectivity index (χ0) is 18.8. The first-order valence-corrected chi connectivity index (χ1v) is 8.91. The molecular weight excluding hydrogens is 336 g/mol. The average molecular weight is 356 g/mol. The third kappa shape index (κ3) is 3.27. The number of aryl methyl sites for hydroxylation is 1. The standard InChI is InChI=1S/C23H20N2O2/c1-15-6-5-9-18(20(15)14-26)17-10-11-21-19(12-17)23(24-13-22(27)25-21)16-7-3-2-4-8-16/h2-12,26H,13-14H2,1H3,(H,25,27). The molecule has 0 unspecified atom stereocenters. The Morgan fingerprint density at radius 3 is 2.56 bits per heavy atom. The number of aliphatic imine (C=N–C) groups is 1. The van der Waals surface area contributed by atoms with Crippen LogP contribution in [0.1, 0.15) is 22.3 Å². The Kier molecular flexibility index (Phi) is 4.57. The summed E-state index contributed by atoms with van der Waals surface area (Å²) >= 11 is 0. The number of rotatable bonds is 3. The van der Waals surface area contributed by atoms with Crippen molar-refractivity contribution in [3.63, 3.8) is 0 Å². The molecule has 0 aromatic heterocycles. The minimum absolute atomic E-state index is 0.0184. The van der Waals surface area contributed by atoms with Crippen molar-refractivity contribution in [3.8, 4) is 11.1 Å². The van der Waals surface area contributed by atoms with Crippen LogP contribution in [0.15, 0.2) is 71.7 Å². The van der Waals surface area contributed by atoms with E-state index in [2.05, 4.69) is 10.3 Å². The summed E-state index contributed by atoms with van der Waals surface area (Å²) in [5.41, 5.74) is 7.34. The van der Waals surface area contributed by atoms with Crippen molar-refractivity contribution in [1.82, 2.24) is 0 Å². The zero-order valence-corrected chi connectivity index (χ0v) is 15.1. The van der Waals surface area contributed by atoms with Crippen LogP contribution < -0.4 is 5.32 Å². The highest BCUT2D eigenvalue weighted by Gasteiger charge is 2.19. The van der Waals surface area contributed by atoms with Crippen LogP contribution in [0.4, 0.5) is 5.69 Å². The van der Waals surface area contributed by atoms with Gasteiger partial charge in [0.05, 0.1) is 18.0 Å². The van der Waals surface area contributed by atoms with E-state index in [1.54, 1.807) is 0 Å². The first-order valence-electron chi connectivity index (χ1n) is 8.91. The maximum Gasteiger partial charge on any atom is 0.246 e. The van der Waals surface area contributed by atoms with E-state index in [4.69, 9.17) is 0 Å². The van der Waals surface area contributed by atoms with Gasteiger partial charge < -0.3 is 10.4 Å². The minimum Gasteiger partial charge on any atom is -0.392 e. The molecule has 0 aliphatic carbocycles. The predicted molar refractivity (Wildman–Crippen MR) is 108 cm³/mol. The highest BCUT2D eigenvalue weighted by atomic mass is 16.3. The lowest BCUT2D eigenvalue weighted by molar-refractivity contribution is -0.114. The summed E-state index contributed by atoms with van der Waals surface area (Å²) in [7, 11) is 0. The molecule has 4 rings (SSSR count). The van der Waals surface area contributed by atoms with Crippen molar-refractivity contribution in [2.75, 3.05) is 11.9 Å². The molecule has 0 atom stereocenters. The Bertz CT molecular complexity index is 1040. The lowest BCUT2D eigenvalue weighted by Gasteiger charge is -2.15. The van der Waals surface area contributed by atoms with Gasteiger partial charge in [0.2, 0.25) is 5.91 Å². The summed E-state index contributed by atoms with van der Waals surface area (Å²) in [6.07, 6.45) is 0. The van der Waals surface area contributed by atoms with E-state index >= 15 is 0 Å². The van der Waals surface area contributed by atoms with Crippen LogP contribution in [0.5, 0.6) is 0 Å². The first kappa shape index (κ1) is 17.2. The molecule has 0 fully saturated rings.